The van der Waals surface area contributed by atoms with Gasteiger partial charge in [0, 0.05) is 0 Å². The van der Waals surface area contributed by atoms with E-state index in [4.69, 9.17) is 0 Å². The van der Waals surface area contributed by atoms with Gasteiger partial charge in [0.2, 0.25) is 5.91 Å². The Morgan fingerprint density at radius 1 is 1.25 bits per heavy atom. The van der Waals surface area contributed by atoms with Crippen LogP contribution in [0.5, 0.6) is 0 Å². The predicted octanol–water partition coefficient (Wildman–Crippen LogP) is 1.20. The summed E-state index contributed by atoms with van der Waals surface area (Å²) in [5.74, 6) is -4.86. The molecule has 3 nitrogen and oxygen atoms in total. The molecule has 1 N–H and O–H groups in total. The van der Waals surface area contributed by atoms with Gasteiger partial charge in [-0.3, -0.25) is 4.79 Å². The second-order valence-electron chi connectivity index (χ2n) is 3.56. The van der Waals surface area contributed by atoms with Crippen molar-refractivity contribution in [1.82, 2.24) is 0 Å². The maximum Gasteiger partial charge on any atom is 0.229 e. The van der Waals surface area contributed by atoms with Gasteiger partial charge in [-0.25, -0.2) is 13.2 Å². The molecule has 1 fully saturated rings. The Morgan fingerprint density at radius 3 is 2.50 bits per heavy atom. The van der Waals surface area contributed by atoms with Crippen molar-refractivity contribution in [2.75, 3.05) is 11.4 Å². The van der Waals surface area contributed by atoms with Crippen molar-refractivity contribution in [1.29, 1.82) is 0 Å². The number of amides is 1. The van der Waals surface area contributed by atoms with Gasteiger partial charge in [-0.2, -0.15) is 0 Å². The molecule has 0 radical (unpaired) electrons. The second-order valence-corrected chi connectivity index (χ2v) is 3.56. The van der Waals surface area contributed by atoms with Gasteiger partial charge in [0.15, 0.2) is 17.5 Å². The summed E-state index contributed by atoms with van der Waals surface area (Å²) in [5, 5.41) is 9.19. The average molecular weight is 231 g/mol. The van der Waals surface area contributed by atoms with Gasteiger partial charge in [0.1, 0.15) is 0 Å². The first-order chi connectivity index (χ1) is 7.50. The van der Waals surface area contributed by atoms with Crippen LogP contribution in [0.25, 0.3) is 0 Å². The lowest BCUT2D eigenvalue weighted by Crippen LogP contribution is -2.26. The van der Waals surface area contributed by atoms with E-state index in [1.54, 1.807) is 0 Å². The predicted molar refractivity (Wildman–Crippen MR) is 49.3 cm³/mol. The van der Waals surface area contributed by atoms with Crippen LogP contribution in [0.2, 0.25) is 0 Å². The summed E-state index contributed by atoms with van der Waals surface area (Å²) in [5.41, 5.74) is -0.347. The molecule has 0 spiro atoms. The number of rotatable bonds is 1. The minimum absolute atomic E-state index is 0.110. The van der Waals surface area contributed by atoms with Crippen LogP contribution >= 0.6 is 0 Å². The summed E-state index contributed by atoms with van der Waals surface area (Å²) in [6.07, 6.45) is -1.04. The number of β-amino-alcohol motifs (C(OH)–C–C–N with tert-alkyl or cyclic N) is 1. The number of aliphatic hydroxyl groups excluding tert-OH is 1. The zero-order valence-corrected chi connectivity index (χ0v) is 8.08. The number of hydrogen-bond acceptors (Lipinski definition) is 2. The van der Waals surface area contributed by atoms with E-state index in [1.165, 1.54) is 0 Å². The Morgan fingerprint density at radius 2 is 1.94 bits per heavy atom. The van der Waals surface area contributed by atoms with E-state index in [0.717, 1.165) is 17.0 Å². The molecule has 1 heterocycles. The molecule has 86 valence electrons. The summed E-state index contributed by atoms with van der Waals surface area (Å²) in [6.45, 7) is -0.110. The van der Waals surface area contributed by atoms with E-state index in [2.05, 4.69) is 0 Å². The number of halogens is 3. The summed E-state index contributed by atoms with van der Waals surface area (Å²) in [4.78, 5) is 12.2. The number of hydrogen-bond donors (Lipinski definition) is 1. The highest BCUT2D eigenvalue weighted by Crippen LogP contribution is 2.27. The molecule has 2 rings (SSSR count). The first-order valence-corrected chi connectivity index (χ1v) is 4.62. The highest BCUT2D eigenvalue weighted by Gasteiger charge is 2.31. The Kier molecular flexibility index (Phi) is 2.59. The normalized spacial score (nSPS) is 20.6. The van der Waals surface area contributed by atoms with E-state index < -0.39 is 29.5 Å². The van der Waals surface area contributed by atoms with Crippen LogP contribution in [0.1, 0.15) is 6.42 Å². The standard InChI is InChI=1S/C10H8F3NO2/c11-6-1-2-7(10(13)9(6)12)14-4-5(15)3-8(14)16/h1-2,5,15H,3-4H2. The maximum absolute atomic E-state index is 13.3. The van der Waals surface area contributed by atoms with Gasteiger partial charge in [-0.15, -0.1) is 0 Å². The Hall–Kier alpha value is -1.56. The molecule has 1 atom stereocenters. The molecule has 1 aromatic rings. The van der Waals surface area contributed by atoms with Gasteiger partial charge in [-0.05, 0) is 12.1 Å². The quantitative estimate of drug-likeness (QED) is 0.738. The molecule has 1 aromatic carbocycles. The molecule has 1 saturated heterocycles. The minimum atomic E-state index is -1.62. The highest BCUT2D eigenvalue weighted by molar-refractivity contribution is 5.96. The van der Waals surface area contributed by atoms with E-state index in [9.17, 15) is 23.1 Å². The summed E-state index contributed by atoms with van der Waals surface area (Å²) < 4.78 is 38.9. The average Bonchev–Trinajstić information content (AvgIpc) is 2.55. The molecule has 1 amide bonds. The molecule has 1 aliphatic rings. The number of nitrogens with zero attached hydrogens (tertiary/aromatic N) is 1. The Bertz CT molecular complexity index is 450. The molecular weight excluding hydrogens is 223 g/mol. The molecule has 0 aliphatic carbocycles. The van der Waals surface area contributed by atoms with Crippen molar-refractivity contribution >= 4 is 11.6 Å². The second kappa shape index (κ2) is 3.79. The van der Waals surface area contributed by atoms with Crippen LogP contribution in [-0.4, -0.2) is 23.7 Å². The number of carbonyl (C=O) groups is 1. The van der Waals surface area contributed by atoms with Crippen LogP contribution in [0.3, 0.4) is 0 Å². The van der Waals surface area contributed by atoms with Crippen molar-refractivity contribution in [3.05, 3.63) is 29.6 Å². The van der Waals surface area contributed by atoms with Crippen LogP contribution in [0, 0.1) is 17.5 Å². The van der Waals surface area contributed by atoms with E-state index in [0.29, 0.717) is 0 Å². The van der Waals surface area contributed by atoms with E-state index >= 15 is 0 Å². The van der Waals surface area contributed by atoms with Crippen molar-refractivity contribution in [2.45, 2.75) is 12.5 Å². The van der Waals surface area contributed by atoms with Crippen molar-refractivity contribution < 1.29 is 23.1 Å². The van der Waals surface area contributed by atoms with Crippen molar-refractivity contribution in [3.63, 3.8) is 0 Å². The summed E-state index contributed by atoms with van der Waals surface area (Å²) in [6, 6.07) is 1.72. The van der Waals surface area contributed by atoms with Crippen LogP contribution in [0.4, 0.5) is 18.9 Å². The van der Waals surface area contributed by atoms with Crippen molar-refractivity contribution in [3.8, 4) is 0 Å². The van der Waals surface area contributed by atoms with Gasteiger partial charge in [0.25, 0.3) is 0 Å². The van der Waals surface area contributed by atoms with Gasteiger partial charge in [-0.1, -0.05) is 0 Å². The highest BCUT2D eigenvalue weighted by atomic mass is 19.2. The monoisotopic (exact) mass is 231 g/mol. The summed E-state index contributed by atoms with van der Waals surface area (Å²) in [7, 11) is 0. The lowest BCUT2D eigenvalue weighted by Gasteiger charge is -2.16. The molecule has 6 heteroatoms. The van der Waals surface area contributed by atoms with Crippen molar-refractivity contribution in [2.24, 2.45) is 0 Å². The third-order valence-electron chi connectivity index (χ3n) is 2.41. The minimum Gasteiger partial charge on any atom is -0.391 e. The summed E-state index contributed by atoms with van der Waals surface area (Å²) >= 11 is 0. The number of benzene rings is 1. The molecule has 1 unspecified atom stereocenters. The van der Waals surface area contributed by atoms with Gasteiger partial charge in [0.05, 0.1) is 24.8 Å². The molecule has 1 aliphatic heterocycles. The zero-order valence-electron chi connectivity index (χ0n) is 8.08. The number of carbonyl (C=O) groups excluding carboxylic acids is 1. The Labute approximate surface area is 89.1 Å². The largest absolute Gasteiger partial charge is 0.391 e. The lowest BCUT2D eigenvalue weighted by molar-refractivity contribution is -0.117. The van der Waals surface area contributed by atoms with Gasteiger partial charge < -0.3 is 10.0 Å². The van der Waals surface area contributed by atoms with E-state index in [1.807, 2.05) is 0 Å². The van der Waals surface area contributed by atoms with E-state index in [-0.39, 0.29) is 18.7 Å². The molecule has 0 saturated carbocycles. The molecule has 16 heavy (non-hydrogen) atoms. The maximum atomic E-state index is 13.3. The molecule has 0 aromatic heterocycles. The first kappa shape index (κ1) is 10.9. The fourth-order valence-electron chi connectivity index (χ4n) is 1.65. The fraction of sp³-hybridized carbons (Fsp3) is 0.300. The number of aliphatic hydroxyl groups is 1. The lowest BCUT2D eigenvalue weighted by atomic mass is 10.2. The fourth-order valence-corrected chi connectivity index (χ4v) is 1.65. The van der Waals surface area contributed by atoms with Crippen LogP contribution in [-0.2, 0) is 4.79 Å². The Balaban J connectivity index is 2.42. The zero-order chi connectivity index (χ0) is 11.9. The smallest absolute Gasteiger partial charge is 0.229 e. The topological polar surface area (TPSA) is 40.5 Å². The molecular formula is C10H8F3NO2. The third-order valence-corrected chi connectivity index (χ3v) is 2.41. The van der Waals surface area contributed by atoms with Crippen LogP contribution < -0.4 is 4.90 Å². The molecule has 0 bridgehead atoms. The SMILES string of the molecule is O=C1CC(O)CN1c1ccc(F)c(F)c1F. The third kappa shape index (κ3) is 1.65. The van der Waals surface area contributed by atoms with Gasteiger partial charge >= 0.3 is 0 Å². The number of anilines is 1. The van der Waals surface area contributed by atoms with Crippen LogP contribution in [0.15, 0.2) is 12.1 Å². The first-order valence-electron chi connectivity index (χ1n) is 4.62.